The van der Waals surface area contributed by atoms with E-state index in [2.05, 4.69) is 10.8 Å². The van der Waals surface area contributed by atoms with Gasteiger partial charge in [-0.25, -0.2) is 0 Å². The average Bonchev–Trinajstić information content (AvgIpc) is 2.36. The first-order chi connectivity index (χ1) is 10.9. The monoisotopic (exact) mass is 326 g/mol. The third-order valence-electron chi connectivity index (χ3n) is 4.67. The maximum atomic E-state index is 12.7. The van der Waals surface area contributed by atoms with E-state index in [0.717, 1.165) is 37.7 Å². The van der Waals surface area contributed by atoms with Crippen molar-refractivity contribution in [2.24, 2.45) is 5.92 Å². The lowest BCUT2D eigenvalue weighted by Crippen LogP contribution is -2.26. The largest absolute Gasteiger partial charge is 0.573 e. The molecule has 2 nitrogen and oxygen atoms in total. The van der Waals surface area contributed by atoms with Crippen molar-refractivity contribution in [1.29, 1.82) is 0 Å². The highest BCUT2D eigenvalue weighted by atomic mass is 19.4. The van der Waals surface area contributed by atoms with E-state index in [0.29, 0.717) is 11.5 Å². The molecule has 0 radical (unpaired) electrons. The molecule has 0 aromatic heterocycles. The molecule has 1 aromatic carbocycles. The van der Waals surface area contributed by atoms with Gasteiger partial charge in [0, 0.05) is 5.56 Å². The molecule has 0 atom stereocenters. The second-order valence-electron chi connectivity index (χ2n) is 6.38. The molecule has 0 amide bonds. The number of rotatable bonds is 5. The van der Waals surface area contributed by atoms with E-state index in [1.54, 1.807) is 13.0 Å². The van der Waals surface area contributed by atoms with Crippen molar-refractivity contribution in [3.8, 4) is 11.5 Å². The molecule has 23 heavy (non-hydrogen) atoms. The summed E-state index contributed by atoms with van der Waals surface area (Å²) in [6.07, 6.45) is 5.62. The molecule has 0 heterocycles. The van der Waals surface area contributed by atoms with E-state index in [1.807, 2.05) is 12.1 Å². The fraction of sp³-hybridized carbons (Fsp3) is 0.556. The molecule has 0 N–H and O–H groups in total. The van der Waals surface area contributed by atoms with Gasteiger partial charge in [0.15, 0.2) is 11.5 Å². The summed E-state index contributed by atoms with van der Waals surface area (Å²) in [5.74, 6) is 0.526. The van der Waals surface area contributed by atoms with Crippen molar-refractivity contribution in [2.45, 2.75) is 57.9 Å². The van der Waals surface area contributed by atoms with Gasteiger partial charge in [-0.05, 0) is 56.6 Å². The van der Waals surface area contributed by atoms with Crippen LogP contribution in [0.4, 0.5) is 13.2 Å². The van der Waals surface area contributed by atoms with Crippen LogP contribution in [0.1, 0.15) is 49.7 Å². The van der Waals surface area contributed by atoms with E-state index in [1.165, 1.54) is 6.42 Å². The molecule has 2 aliphatic rings. The summed E-state index contributed by atoms with van der Waals surface area (Å²) in [7, 11) is 0. The fourth-order valence-corrected chi connectivity index (χ4v) is 2.74. The van der Waals surface area contributed by atoms with Crippen LogP contribution < -0.4 is 9.47 Å². The first-order valence-electron chi connectivity index (χ1n) is 8.16. The van der Waals surface area contributed by atoms with Gasteiger partial charge < -0.3 is 9.47 Å². The zero-order valence-corrected chi connectivity index (χ0v) is 13.2. The van der Waals surface area contributed by atoms with Gasteiger partial charge in [-0.1, -0.05) is 24.6 Å². The molecular weight excluding hydrogens is 305 g/mol. The van der Waals surface area contributed by atoms with Crippen LogP contribution in [0.3, 0.4) is 0 Å². The lowest BCUT2D eigenvalue weighted by atomic mass is 9.85. The molecule has 0 spiro atoms. The Morgan fingerprint density at radius 1 is 1.09 bits per heavy atom. The quantitative estimate of drug-likeness (QED) is 0.697. The summed E-state index contributed by atoms with van der Waals surface area (Å²) >= 11 is 0. The lowest BCUT2D eigenvalue weighted by Gasteiger charge is -2.28. The van der Waals surface area contributed by atoms with Crippen LogP contribution in [0.2, 0.25) is 0 Å². The number of ether oxygens (including phenoxy) is 2. The Balaban J connectivity index is 1.86. The molecule has 2 fully saturated rings. The van der Waals surface area contributed by atoms with Gasteiger partial charge in [0.2, 0.25) is 0 Å². The maximum Gasteiger partial charge on any atom is 0.573 e. The van der Waals surface area contributed by atoms with Crippen LogP contribution in [0.15, 0.2) is 18.2 Å². The van der Waals surface area contributed by atoms with Crippen molar-refractivity contribution in [1.82, 2.24) is 0 Å². The molecule has 5 heteroatoms. The first kappa shape index (κ1) is 16.2. The second-order valence-corrected chi connectivity index (χ2v) is 6.38. The predicted octanol–water partition coefficient (Wildman–Crippen LogP) is 5.64. The highest BCUT2D eigenvalue weighted by Crippen LogP contribution is 2.40. The number of benzene rings is 1. The summed E-state index contributed by atoms with van der Waals surface area (Å²) in [4.78, 5) is 0. The third kappa shape index (κ3) is 4.01. The Bertz CT molecular complexity index is 585. The second kappa shape index (κ2) is 6.46. The van der Waals surface area contributed by atoms with Crippen molar-refractivity contribution >= 4 is 6.08 Å². The van der Waals surface area contributed by atoms with Crippen LogP contribution in [0.25, 0.3) is 6.08 Å². The van der Waals surface area contributed by atoms with Crippen LogP contribution in [0, 0.1) is 12.8 Å². The van der Waals surface area contributed by atoms with Crippen LogP contribution in [-0.4, -0.2) is 12.5 Å². The Hall–Kier alpha value is -1.65. The summed E-state index contributed by atoms with van der Waals surface area (Å²) < 4.78 is 48.2. The number of halogens is 3. The molecule has 126 valence electrons. The number of allylic oxidation sites excluding steroid dienone is 1. The van der Waals surface area contributed by atoms with Crippen molar-refractivity contribution in [3.05, 3.63) is 29.3 Å². The van der Waals surface area contributed by atoms with Crippen LogP contribution in [0.5, 0.6) is 11.5 Å². The summed E-state index contributed by atoms with van der Waals surface area (Å²) in [6.45, 7) is 1.65. The van der Waals surface area contributed by atoms with E-state index >= 15 is 0 Å². The molecule has 2 aliphatic carbocycles. The molecule has 0 unspecified atom stereocenters. The van der Waals surface area contributed by atoms with Crippen molar-refractivity contribution < 1.29 is 22.6 Å². The minimum atomic E-state index is -4.72. The van der Waals surface area contributed by atoms with E-state index in [-0.39, 0.29) is 17.6 Å². The average molecular weight is 326 g/mol. The Kier molecular flexibility index (Phi) is 4.55. The Labute approximate surface area is 134 Å². The van der Waals surface area contributed by atoms with Gasteiger partial charge in [-0.15, -0.1) is 13.2 Å². The molecular formula is C18H21F3O2. The van der Waals surface area contributed by atoms with Gasteiger partial charge in [0.05, 0.1) is 6.10 Å². The predicted molar refractivity (Wildman–Crippen MR) is 82.5 cm³/mol. The highest BCUT2D eigenvalue weighted by molar-refractivity contribution is 5.62. The smallest absolute Gasteiger partial charge is 0.487 e. The van der Waals surface area contributed by atoms with Crippen molar-refractivity contribution in [3.63, 3.8) is 0 Å². The minimum absolute atomic E-state index is 0.00125. The number of hydrogen-bond acceptors (Lipinski definition) is 2. The highest BCUT2D eigenvalue weighted by Gasteiger charge is 2.34. The molecule has 2 saturated carbocycles. The zero-order valence-electron chi connectivity index (χ0n) is 13.2. The summed E-state index contributed by atoms with van der Waals surface area (Å²) in [5, 5.41) is 0. The van der Waals surface area contributed by atoms with Crippen LogP contribution in [-0.2, 0) is 0 Å². The Morgan fingerprint density at radius 2 is 1.78 bits per heavy atom. The summed E-state index contributed by atoms with van der Waals surface area (Å²) in [5.41, 5.74) is 1.21. The molecule has 1 aromatic rings. The van der Waals surface area contributed by atoms with Crippen molar-refractivity contribution in [2.75, 3.05) is 0 Å². The topological polar surface area (TPSA) is 18.5 Å². The SMILES string of the molecule is Cc1c(/C=C/C2CCC2)ccc(OC2CCC2)c1OC(F)(F)F. The van der Waals surface area contributed by atoms with Gasteiger partial charge in [0.1, 0.15) is 0 Å². The van der Waals surface area contributed by atoms with E-state index in [9.17, 15) is 13.2 Å². The number of hydrogen-bond donors (Lipinski definition) is 0. The lowest BCUT2D eigenvalue weighted by molar-refractivity contribution is -0.275. The molecule has 3 rings (SSSR count). The molecule has 0 bridgehead atoms. The molecule has 0 saturated heterocycles. The zero-order chi connectivity index (χ0) is 16.4. The minimum Gasteiger partial charge on any atom is -0.487 e. The van der Waals surface area contributed by atoms with Crippen LogP contribution >= 0.6 is 0 Å². The van der Waals surface area contributed by atoms with Gasteiger partial charge in [-0.2, -0.15) is 0 Å². The van der Waals surface area contributed by atoms with Gasteiger partial charge in [-0.3, -0.25) is 0 Å². The maximum absolute atomic E-state index is 12.7. The van der Waals surface area contributed by atoms with Gasteiger partial charge in [0.25, 0.3) is 0 Å². The fourth-order valence-electron chi connectivity index (χ4n) is 2.74. The van der Waals surface area contributed by atoms with Gasteiger partial charge >= 0.3 is 6.36 Å². The normalized spacial score (nSPS) is 19.5. The molecule has 0 aliphatic heterocycles. The van der Waals surface area contributed by atoms with E-state index in [4.69, 9.17) is 4.74 Å². The first-order valence-corrected chi connectivity index (χ1v) is 8.16. The number of alkyl halides is 3. The standard InChI is InChI=1S/C18H21F3O2/c1-12-14(9-8-13-4-2-5-13)10-11-16(22-15-6-3-7-15)17(12)23-18(19,20)21/h8-11,13,15H,2-7H2,1H3/b9-8+. The third-order valence-corrected chi connectivity index (χ3v) is 4.67. The van der Waals surface area contributed by atoms with E-state index < -0.39 is 6.36 Å². The summed E-state index contributed by atoms with van der Waals surface area (Å²) in [6, 6.07) is 3.40. The Morgan fingerprint density at radius 3 is 2.30 bits per heavy atom.